The lowest BCUT2D eigenvalue weighted by Gasteiger charge is -1.98. The Kier molecular flexibility index (Phi) is 2.56. The highest BCUT2D eigenvalue weighted by Gasteiger charge is 2.10. The molecular formula is C11H12O2S2. The van der Waals surface area contributed by atoms with Crippen LogP contribution in [-0.4, -0.2) is 14.7 Å². The zero-order valence-electron chi connectivity index (χ0n) is 8.65. The van der Waals surface area contributed by atoms with Crippen LogP contribution in [0, 0.1) is 6.92 Å². The number of sulfone groups is 1. The van der Waals surface area contributed by atoms with Gasteiger partial charge in [-0.05, 0) is 28.8 Å². The van der Waals surface area contributed by atoms with Crippen molar-refractivity contribution in [1.82, 2.24) is 0 Å². The second kappa shape index (κ2) is 3.61. The average Bonchev–Trinajstić information content (AvgIpc) is 2.48. The van der Waals surface area contributed by atoms with Gasteiger partial charge in [-0.15, -0.1) is 11.3 Å². The first kappa shape index (κ1) is 10.6. The van der Waals surface area contributed by atoms with Gasteiger partial charge in [0, 0.05) is 11.0 Å². The lowest BCUT2D eigenvalue weighted by atomic mass is 10.1. The summed E-state index contributed by atoms with van der Waals surface area (Å²) in [5.74, 6) is 0.135. The first-order valence-corrected chi connectivity index (χ1v) is 7.55. The van der Waals surface area contributed by atoms with Crippen LogP contribution in [0.4, 0.5) is 0 Å². The van der Waals surface area contributed by atoms with Crippen molar-refractivity contribution in [1.29, 1.82) is 0 Å². The normalized spacial score (nSPS) is 12.1. The molecule has 2 nitrogen and oxygen atoms in total. The lowest BCUT2D eigenvalue weighted by Crippen LogP contribution is -1.99. The Bertz CT molecular complexity index is 594. The molecule has 0 amide bonds. The van der Waals surface area contributed by atoms with Crippen LogP contribution >= 0.6 is 11.3 Å². The van der Waals surface area contributed by atoms with Gasteiger partial charge in [0.05, 0.1) is 5.75 Å². The molecule has 4 heteroatoms. The minimum Gasteiger partial charge on any atom is -0.229 e. The van der Waals surface area contributed by atoms with E-state index in [9.17, 15) is 8.42 Å². The maximum Gasteiger partial charge on any atom is 0.151 e. The van der Waals surface area contributed by atoms with Gasteiger partial charge in [0.25, 0.3) is 0 Å². The van der Waals surface area contributed by atoms with E-state index in [0.29, 0.717) is 0 Å². The molecule has 1 heterocycles. The summed E-state index contributed by atoms with van der Waals surface area (Å²) in [6, 6.07) is 6.00. The van der Waals surface area contributed by atoms with Crippen molar-refractivity contribution in [2.75, 3.05) is 6.26 Å². The quantitative estimate of drug-likeness (QED) is 0.809. The molecule has 0 fully saturated rings. The standard InChI is InChI=1S/C11H12O2S2/c1-8-4-3-5-10-9(6-14-11(8)10)7-15(2,12)13/h3-6H,7H2,1-2H3. The summed E-state index contributed by atoms with van der Waals surface area (Å²) in [5, 5.41) is 3.02. The zero-order chi connectivity index (χ0) is 11.1. The smallest absolute Gasteiger partial charge is 0.151 e. The van der Waals surface area contributed by atoms with Crippen molar-refractivity contribution in [2.45, 2.75) is 12.7 Å². The SMILES string of the molecule is Cc1cccc2c(CS(C)(=O)=O)csc12. The van der Waals surface area contributed by atoms with Crippen molar-refractivity contribution < 1.29 is 8.42 Å². The van der Waals surface area contributed by atoms with Crippen molar-refractivity contribution >= 4 is 31.3 Å². The van der Waals surface area contributed by atoms with Crippen LogP contribution in [0.25, 0.3) is 10.1 Å². The second-order valence-electron chi connectivity index (χ2n) is 3.78. The molecule has 0 saturated carbocycles. The Morgan fingerprint density at radius 3 is 2.73 bits per heavy atom. The summed E-state index contributed by atoms with van der Waals surface area (Å²) in [7, 11) is -2.94. The molecule has 0 unspecified atom stereocenters. The molecule has 80 valence electrons. The van der Waals surface area contributed by atoms with Crippen LogP contribution in [0.3, 0.4) is 0 Å². The number of hydrogen-bond donors (Lipinski definition) is 0. The van der Waals surface area contributed by atoms with Crippen molar-refractivity contribution in [2.24, 2.45) is 0 Å². The van der Waals surface area contributed by atoms with Crippen LogP contribution in [-0.2, 0) is 15.6 Å². The molecular weight excluding hydrogens is 228 g/mol. The van der Waals surface area contributed by atoms with Crippen LogP contribution in [0.15, 0.2) is 23.6 Å². The van der Waals surface area contributed by atoms with E-state index in [4.69, 9.17) is 0 Å². The third-order valence-electron chi connectivity index (χ3n) is 2.29. The van der Waals surface area contributed by atoms with E-state index in [1.165, 1.54) is 16.5 Å². The number of fused-ring (bicyclic) bond motifs is 1. The van der Waals surface area contributed by atoms with Crippen molar-refractivity contribution in [3.63, 3.8) is 0 Å². The molecule has 0 aliphatic carbocycles. The number of rotatable bonds is 2. The lowest BCUT2D eigenvalue weighted by molar-refractivity contribution is 0.601. The summed E-state index contributed by atoms with van der Waals surface area (Å²) in [5.41, 5.74) is 2.12. The molecule has 1 aromatic carbocycles. The first-order valence-electron chi connectivity index (χ1n) is 4.61. The van der Waals surface area contributed by atoms with E-state index in [2.05, 4.69) is 0 Å². The van der Waals surface area contributed by atoms with Gasteiger partial charge in [-0.25, -0.2) is 8.42 Å². The van der Waals surface area contributed by atoms with Crippen LogP contribution in [0.1, 0.15) is 11.1 Å². The number of thiophene rings is 1. The van der Waals surface area contributed by atoms with Gasteiger partial charge in [-0.2, -0.15) is 0 Å². The Labute approximate surface area is 93.5 Å². The van der Waals surface area contributed by atoms with Gasteiger partial charge in [-0.3, -0.25) is 0 Å². The fraction of sp³-hybridized carbons (Fsp3) is 0.273. The highest BCUT2D eigenvalue weighted by molar-refractivity contribution is 7.89. The topological polar surface area (TPSA) is 34.1 Å². The van der Waals surface area contributed by atoms with E-state index in [-0.39, 0.29) is 5.75 Å². The van der Waals surface area contributed by atoms with Gasteiger partial charge >= 0.3 is 0 Å². The van der Waals surface area contributed by atoms with E-state index >= 15 is 0 Å². The van der Waals surface area contributed by atoms with E-state index in [1.54, 1.807) is 11.3 Å². The minimum atomic E-state index is -2.94. The van der Waals surface area contributed by atoms with Gasteiger partial charge < -0.3 is 0 Å². The fourth-order valence-electron chi connectivity index (χ4n) is 1.65. The first-order chi connectivity index (χ1) is 6.97. The summed E-state index contributed by atoms with van der Waals surface area (Å²) in [6.45, 7) is 2.04. The van der Waals surface area contributed by atoms with E-state index < -0.39 is 9.84 Å². The molecule has 0 atom stereocenters. The van der Waals surface area contributed by atoms with Gasteiger partial charge in [0.15, 0.2) is 9.84 Å². The highest BCUT2D eigenvalue weighted by Crippen LogP contribution is 2.29. The minimum absolute atomic E-state index is 0.135. The van der Waals surface area contributed by atoms with Gasteiger partial charge in [0.1, 0.15) is 0 Å². The largest absolute Gasteiger partial charge is 0.229 e. The summed E-state index contributed by atoms with van der Waals surface area (Å²) in [6.07, 6.45) is 1.27. The second-order valence-corrected chi connectivity index (χ2v) is 6.80. The molecule has 2 aromatic rings. The Morgan fingerprint density at radius 2 is 2.07 bits per heavy atom. The molecule has 0 N–H and O–H groups in total. The average molecular weight is 240 g/mol. The maximum atomic E-state index is 11.2. The predicted octanol–water partition coefficient (Wildman–Crippen LogP) is 2.75. The molecule has 0 saturated heterocycles. The van der Waals surface area contributed by atoms with E-state index in [0.717, 1.165) is 10.9 Å². The fourth-order valence-corrected chi connectivity index (χ4v) is 3.61. The Morgan fingerprint density at radius 1 is 1.33 bits per heavy atom. The maximum absolute atomic E-state index is 11.2. The van der Waals surface area contributed by atoms with Crippen molar-refractivity contribution in [3.8, 4) is 0 Å². The van der Waals surface area contributed by atoms with Crippen LogP contribution in [0.2, 0.25) is 0 Å². The van der Waals surface area contributed by atoms with Crippen LogP contribution in [0.5, 0.6) is 0 Å². The number of benzene rings is 1. The molecule has 0 spiro atoms. The van der Waals surface area contributed by atoms with E-state index in [1.807, 2.05) is 30.5 Å². The predicted molar refractivity (Wildman–Crippen MR) is 65.1 cm³/mol. The third-order valence-corrected chi connectivity index (χ3v) is 4.31. The zero-order valence-corrected chi connectivity index (χ0v) is 10.3. The van der Waals surface area contributed by atoms with Gasteiger partial charge in [0.2, 0.25) is 0 Å². The molecule has 15 heavy (non-hydrogen) atoms. The summed E-state index contributed by atoms with van der Waals surface area (Å²) in [4.78, 5) is 0. The highest BCUT2D eigenvalue weighted by atomic mass is 32.2. The third kappa shape index (κ3) is 2.21. The Balaban J connectivity index is 2.60. The monoisotopic (exact) mass is 240 g/mol. The molecule has 0 aliphatic heterocycles. The van der Waals surface area contributed by atoms with Crippen LogP contribution < -0.4 is 0 Å². The molecule has 0 aliphatic rings. The van der Waals surface area contributed by atoms with Crippen molar-refractivity contribution in [3.05, 3.63) is 34.7 Å². The van der Waals surface area contributed by atoms with Gasteiger partial charge in [-0.1, -0.05) is 18.2 Å². The Hall–Kier alpha value is -0.870. The number of aryl methyl sites for hydroxylation is 1. The molecule has 0 bridgehead atoms. The summed E-state index contributed by atoms with van der Waals surface area (Å²) < 4.78 is 23.7. The molecule has 2 rings (SSSR count). The molecule has 0 radical (unpaired) electrons. The summed E-state index contributed by atoms with van der Waals surface area (Å²) >= 11 is 1.62. The molecule has 1 aromatic heterocycles. The number of hydrogen-bond acceptors (Lipinski definition) is 3.